The first kappa shape index (κ1) is 14.5. The largest absolute Gasteiger partial charge is 0.461 e. The standard InChI is InChI=1S/C15H11N3O5/c19-15(10-3-1-4-12(7-10)18(20)21)16-9-11-8-14(23-17-11)13-5-2-6-22-13/h1-8H,9H2,(H,16,19). The van der Waals surface area contributed by atoms with Gasteiger partial charge in [-0.1, -0.05) is 11.2 Å². The molecule has 3 aromatic rings. The molecule has 8 heteroatoms. The van der Waals surface area contributed by atoms with Crippen LogP contribution in [-0.4, -0.2) is 16.0 Å². The number of non-ortho nitro benzene ring substituents is 1. The smallest absolute Gasteiger partial charge is 0.270 e. The van der Waals surface area contributed by atoms with Crippen molar-refractivity contribution < 1.29 is 18.7 Å². The summed E-state index contributed by atoms with van der Waals surface area (Å²) in [7, 11) is 0. The summed E-state index contributed by atoms with van der Waals surface area (Å²) in [6, 6.07) is 10.6. The van der Waals surface area contributed by atoms with Gasteiger partial charge in [0.1, 0.15) is 5.69 Å². The Kier molecular flexibility index (Phi) is 3.88. The minimum atomic E-state index is -0.552. The maximum atomic E-state index is 12.0. The summed E-state index contributed by atoms with van der Waals surface area (Å²) in [6.45, 7) is 0.131. The van der Waals surface area contributed by atoms with Gasteiger partial charge >= 0.3 is 0 Å². The van der Waals surface area contributed by atoms with Crippen molar-refractivity contribution in [3.8, 4) is 11.5 Å². The van der Waals surface area contributed by atoms with E-state index >= 15 is 0 Å². The molecule has 0 bridgehead atoms. The maximum Gasteiger partial charge on any atom is 0.270 e. The van der Waals surface area contributed by atoms with E-state index in [9.17, 15) is 14.9 Å². The Bertz CT molecular complexity index is 838. The number of amides is 1. The first-order chi connectivity index (χ1) is 11.1. The second-order valence-electron chi connectivity index (χ2n) is 4.65. The number of benzene rings is 1. The molecule has 0 radical (unpaired) electrons. The summed E-state index contributed by atoms with van der Waals surface area (Å²) in [5.74, 6) is 0.555. The zero-order valence-electron chi connectivity index (χ0n) is 11.8. The summed E-state index contributed by atoms with van der Waals surface area (Å²) in [6.07, 6.45) is 1.52. The molecule has 0 fully saturated rings. The molecule has 3 rings (SSSR count). The molecule has 1 aromatic carbocycles. The summed E-state index contributed by atoms with van der Waals surface area (Å²) in [5.41, 5.74) is 0.573. The zero-order chi connectivity index (χ0) is 16.2. The minimum absolute atomic E-state index is 0.131. The molecule has 0 saturated carbocycles. The predicted octanol–water partition coefficient (Wildman–Crippen LogP) is 2.77. The Balaban J connectivity index is 1.65. The number of carbonyl (C=O) groups excluding carboxylic acids is 1. The molecular weight excluding hydrogens is 302 g/mol. The number of aromatic nitrogens is 1. The highest BCUT2D eigenvalue weighted by Gasteiger charge is 2.13. The second-order valence-corrected chi connectivity index (χ2v) is 4.65. The molecule has 1 N–H and O–H groups in total. The molecule has 0 unspecified atom stereocenters. The summed E-state index contributed by atoms with van der Waals surface area (Å²) < 4.78 is 10.3. The van der Waals surface area contributed by atoms with Gasteiger partial charge in [-0.3, -0.25) is 14.9 Å². The molecule has 2 aromatic heterocycles. The molecule has 8 nitrogen and oxygen atoms in total. The highest BCUT2D eigenvalue weighted by atomic mass is 16.6. The average molecular weight is 313 g/mol. The van der Waals surface area contributed by atoms with E-state index in [-0.39, 0.29) is 17.8 Å². The van der Waals surface area contributed by atoms with E-state index in [4.69, 9.17) is 8.94 Å². The first-order valence-corrected chi connectivity index (χ1v) is 6.65. The van der Waals surface area contributed by atoms with Crippen molar-refractivity contribution in [2.75, 3.05) is 0 Å². The average Bonchev–Trinajstić information content (AvgIpc) is 3.23. The van der Waals surface area contributed by atoms with Crippen LogP contribution in [0.2, 0.25) is 0 Å². The Morgan fingerprint density at radius 1 is 1.22 bits per heavy atom. The SMILES string of the molecule is O=C(NCc1cc(-c2ccco2)on1)c1cccc([N+](=O)[O-])c1. The zero-order valence-corrected chi connectivity index (χ0v) is 11.8. The third-order valence-electron chi connectivity index (χ3n) is 3.07. The molecule has 116 valence electrons. The van der Waals surface area contributed by atoms with Gasteiger partial charge in [0.15, 0.2) is 5.76 Å². The van der Waals surface area contributed by atoms with Crippen molar-refractivity contribution >= 4 is 11.6 Å². The normalized spacial score (nSPS) is 10.4. The molecule has 0 spiro atoms. The number of nitro groups is 1. The van der Waals surface area contributed by atoms with E-state index in [1.54, 1.807) is 18.2 Å². The highest BCUT2D eigenvalue weighted by Crippen LogP contribution is 2.20. The van der Waals surface area contributed by atoms with Crippen LogP contribution < -0.4 is 5.32 Å². The fourth-order valence-corrected chi connectivity index (χ4v) is 1.96. The van der Waals surface area contributed by atoms with E-state index in [0.29, 0.717) is 17.2 Å². The monoisotopic (exact) mass is 313 g/mol. The van der Waals surface area contributed by atoms with Crippen molar-refractivity contribution in [1.29, 1.82) is 0 Å². The van der Waals surface area contributed by atoms with Gasteiger partial charge in [-0.15, -0.1) is 0 Å². The number of hydrogen-bond acceptors (Lipinski definition) is 6. The van der Waals surface area contributed by atoms with Gasteiger partial charge in [-0.2, -0.15) is 0 Å². The van der Waals surface area contributed by atoms with Crippen LogP contribution in [0.25, 0.3) is 11.5 Å². The lowest BCUT2D eigenvalue weighted by molar-refractivity contribution is -0.384. The Morgan fingerprint density at radius 3 is 2.83 bits per heavy atom. The van der Waals surface area contributed by atoms with Crippen LogP contribution in [0.15, 0.2) is 57.7 Å². The van der Waals surface area contributed by atoms with Gasteiger partial charge in [0.05, 0.1) is 17.7 Å². The lowest BCUT2D eigenvalue weighted by Crippen LogP contribution is -2.22. The molecule has 0 atom stereocenters. The van der Waals surface area contributed by atoms with Gasteiger partial charge in [0.2, 0.25) is 5.76 Å². The van der Waals surface area contributed by atoms with Crippen LogP contribution >= 0.6 is 0 Å². The number of furan rings is 1. The molecule has 0 aliphatic rings. The van der Waals surface area contributed by atoms with Crippen LogP contribution in [0.5, 0.6) is 0 Å². The van der Waals surface area contributed by atoms with Crippen molar-refractivity contribution in [3.63, 3.8) is 0 Å². The Hall–Kier alpha value is -3.42. The molecule has 23 heavy (non-hydrogen) atoms. The van der Waals surface area contributed by atoms with Gasteiger partial charge in [0, 0.05) is 23.8 Å². The number of rotatable bonds is 5. The molecule has 0 aliphatic carbocycles. The van der Waals surface area contributed by atoms with Crippen molar-refractivity contribution in [3.05, 3.63) is 70.1 Å². The Labute approximate surface area is 129 Å². The van der Waals surface area contributed by atoms with Gasteiger partial charge in [0.25, 0.3) is 11.6 Å². The number of nitrogens with zero attached hydrogens (tertiary/aromatic N) is 2. The fourth-order valence-electron chi connectivity index (χ4n) is 1.96. The third kappa shape index (κ3) is 3.26. The fraction of sp³-hybridized carbons (Fsp3) is 0.0667. The number of nitrogens with one attached hydrogen (secondary N) is 1. The van der Waals surface area contributed by atoms with Gasteiger partial charge < -0.3 is 14.3 Å². The van der Waals surface area contributed by atoms with E-state index < -0.39 is 10.8 Å². The van der Waals surface area contributed by atoms with Crippen LogP contribution in [0, 0.1) is 10.1 Å². The number of carbonyl (C=O) groups is 1. The second kappa shape index (κ2) is 6.14. The van der Waals surface area contributed by atoms with Crippen LogP contribution in [0.4, 0.5) is 5.69 Å². The number of hydrogen-bond donors (Lipinski definition) is 1. The summed E-state index contributed by atoms with van der Waals surface area (Å²) in [4.78, 5) is 22.2. The predicted molar refractivity (Wildman–Crippen MR) is 78.5 cm³/mol. The van der Waals surface area contributed by atoms with E-state index in [0.717, 1.165) is 0 Å². The number of nitro benzene ring substituents is 1. The maximum absolute atomic E-state index is 12.0. The first-order valence-electron chi connectivity index (χ1n) is 6.65. The molecule has 2 heterocycles. The van der Waals surface area contributed by atoms with Crippen molar-refractivity contribution in [2.24, 2.45) is 0 Å². The Morgan fingerprint density at radius 2 is 2.09 bits per heavy atom. The topological polar surface area (TPSA) is 111 Å². The van der Waals surface area contributed by atoms with E-state index in [2.05, 4.69) is 10.5 Å². The summed E-state index contributed by atoms with van der Waals surface area (Å²) in [5, 5.41) is 17.2. The third-order valence-corrected chi connectivity index (χ3v) is 3.07. The van der Waals surface area contributed by atoms with Gasteiger partial charge in [-0.05, 0) is 18.2 Å². The van der Waals surface area contributed by atoms with Crippen LogP contribution in [0.3, 0.4) is 0 Å². The van der Waals surface area contributed by atoms with E-state index in [1.807, 2.05) is 0 Å². The van der Waals surface area contributed by atoms with E-state index in [1.165, 1.54) is 30.5 Å². The van der Waals surface area contributed by atoms with Crippen molar-refractivity contribution in [1.82, 2.24) is 10.5 Å². The van der Waals surface area contributed by atoms with Crippen LogP contribution in [-0.2, 0) is 6.54 Å². The van der Waals surface area contributed by atoms with Gasteiger partial charge in [-0.25, -0.2) is 0 Å². The molecule has 1 amide bonds. The molecular formula is C15H11N3O5. The van der Waals surface area contributed by atoms with Crippen LogP contribution in [0.1, 0.15) is 16.1 Å². The molecule has 0 aliphatic heterocycles. The minimum Gasteiger partial charge on any atom is -0.461 e. The quantitative estimate of drug-likeness (QED) is 0.572. The van der Waals surface area contributed by atoms with Crippen molar-refractivity contribution in [2.45, 2.75) is 6.54 Å². The summed E-state index contributed by atoms with van der Waals surface area (Å²) >= 11 is 0. The lowest BCUT2D eigenvalue weighted by atomic mass is 10.2. The lowest BCUT2D eigenvalue weighted by Gasteiger charge is -2.02. The highest BCUT2D eigenvalue weighted by molar-refractivity contribution is 5.94. The molecule has 0 saturated heterocycles.